The van der Waals surface area contributed by atoms with Crippen molar-refractivity contribution < 1.29 is 13.6 Å². The molecule has 92 valence electrons. The molecule has 0 N–H and O–H groups in total. The molecular weight excluding hydrogens is 302 g/mol. The van der Waals surface area contributed by atoms with Crippen LogP contribution in [0, 0.1) is 11.6 Å². The van der Waals surface area contributed by atoms with Crippen LogP contribution in [0.3, 0.4) is 0 Å². The Morgan fingerprint density at radius 1 is 1.00 bits per heavy atom. The molecule has 0 aliphatic heterocycles. The maximum Gasteiger partial charge on any atom is 0.173 e. The molecule has 0 aliphatic rings. The smallest absolute Gasteiger partial charge is 0.173 e. The van der Waals surface area contributed by atoms with Crippen molar-refractivity contribution in [2.75, 3.05) is 0 Å². The topological polar surface area (TPSA) is 17.1 Å². The Kier molecular flexibility index (Phi) is 3.87. The molecule has 0 heterocycles. The van der Waals surface area contributed by atoms with E-state index < -0.39 is 23.0 Å². The van der Waals surface area contributed by atoms with E-state index in [0.717, 1.165) is 16.6 Å². The number of halogens is 3. The summed E-state index contributed by atoms with van der Waals surface area (Å²) in [7, 11) is 0. The van der Waals surface area contributed by atoms with E-state index in [9.17, 15) is 13.6 Å². The lowest BCUT2D eigenvalue weighted by molar-refractivity contribution is 0.0985. The highest BCUT2D eigenvalue weighted by atomic mass is 79.9. The molecule has 18 heavy (non-hydrogen) atoms. The Morgan fingerprint density at radius 2 is 1.56 bits per heavy atom. The van der Waals surface area contributed by atoms with Crippen molar-refractivity contribution in [1.82, 2.24) is 0 Å². The molecule has 1 nitrogen and oxygen atoms in total. The van der Waals surface area contributed by atoms with E-state index in [-0.39, 0.29) is 6.42 Å². The van der Waals surface area contributed by atoms with Crippen molar-refractivity contribution >= 4 is 21.7 Å². The fourth-order valence-electron chi connectivity index (χ4n) is 1.64. The van der Waals surface area contributed by atoms with Gasteiger partial charge in [0.05, 0.1) is 5.56 Å². The van der Waals surface area contributed by atoms with Crippen molar-refractivity contribution in [2.24, 2.45) is 0 Å². The zero-order valence-electron chi connectivity index (χ0n) is 9.29. The summed E-state index contributed by atoms with van der Waals surface area (Å²) in [6.45, 7) is 0. The molecule has 0 saturated heterocycles. The molecule has 0 spiro atoms. The lowest BCUT2D eigenvalue weighted by Gasteiger charge is -2.04. The van der Waals surface area contributed by atoms with E-state index in [4.69, 9.17) is 0 Å². The van der Waals surface area contributed by atoms with Gasteiger partial charge in [-0.1, -0.05) is 34.1 Å². The van der Waals surface area contributed by atoms with Gasteiger partial charge in [-0.05, 0) is 29.8 Å². The molecule has 0 bridgehead atoms. The van der Waals surface area contributed by atoms with Crippen molar-refractivity contribution in [3.8, 4) is 0 Å². The van der Waals surface area contributed by atoms with Gasteiger partial charge in [0.15, 0.2) is 5.78 Å². The number of carbonyl (C=O) groups is 1. The summed E-state index contributed by atoms with van der Waals surface area (Å²) < 4.78 is 27.7. The number of carbonyl (C=O) groups excluding carboxylic acids is 1. The molecule has 0 unspecified atom stereocenters. The van der Waals surface area contributed by atoms with Crippen LogP contribution in [-0.4, -0.2) is 5.78 Å². The summed E-state index contributed by atoms with van der Waals surface area (Å²) in [6.07, 6.45) is -0.0227. The fourth-order valence-corrected chi connectivity index (χ4v) is 1.90. The molecule has 2 aromatic rings. The molecule has 0 radical (unpaired) electrons. The predicted molar refractivity (Wildman–Crippen MR) is 68.5 cm³/mol. The van der Waals surface area contributed by atoms with Gasteiger partial charge in [-0.25, -0.2) is 8.78 Å². The summed E-state index contributed by atoms with van der Waals surface area (Å²) in [5, 5.41) is 0. The van der Waals surface area contributed by atoms with Gasteiger partial charge < -0.3 is 0 Å². The average molecular weight is 311 g/mol. The predicted octanol–water partition coefficient (Wildman–Crippen LogP) is 4.15. The highest BCUT2D eigenvalue weighted by Crippen LogP contribution is 2.16. The first kappa shape index (κ1) is 12.9. The van der Waals surface area contributed by atoms with Gasteiger partial charge in [0.1, 0.15) is 11.6 Å². The van der Waals surface area contributed by atoms with Gasteiger partial charge in [0.25, 0.3) is 0 Å². The molecule has 4 heteroatoms. The largest absolute Gasteiger partial charge is 0.294 e. The molecule has 0 atom stereocenters. The zero-order chi connectivity index (χ0) is 13.1. The van der Waals surface area contributed by atoms with Crippen LogP contribution in [0.5, 0.6) is 0 Å². The molecule has 2 aromatic carbocycles. The number of hydrogen-bond acceptors (Lipinski definition) is 1. The minimum absolute atomic E-state index is 0.0227. The first-order valence-electron chi connectivity index (χ1n) is 5.29. The number of hydrogen-bond donors (Lipinski definition) is 0. The van der Waals surface area contributed by atoms with Crippen LogP contribution in [0.15, 0.2) is 46.9 Å². The SMILES string of the molecule is O=C(Cc1ccc(Br)cc1)c1c(F)cccc1F. The first-order valence-corrected chi connectivity index (χ1v) is 6.09. The van der Waals surface area contributed by atoms with Gasteiger partial charge in [-0.2, -0.15) is 0 Å². The summed E-state index contributed by atoms with van der Waals surface area (Å²) in [5.74, 6) is -2.21. The Morgan fingerprint density at radius 3 is 2.11 bits per heavy atom. The standard InChI is InChI=1S/C14H9BrF2O/c15-10-6-4-9(5-7-10)8-13(18)14-11(16)2-1-3-12(14)17/h1-7H,8H2. The molecule has 0 amide bonds. The normalized spacial score (nSPS) is 10.4. The van der Waals surface area contributed by atoms with Gasteiger partial charge in [-0.15, -0.1) is 0 Å². The van der Waals surface area contributed by atoms with Crippen molar-refractivity contribution in [2.45, 2.75) is 6.42 Å². The molecule has 0 aromatic heterocycles. The van der Waals surface area contributed by atoms with E-state index in [0.29, 0.717) is 5.56 Å². The van der Waals surface area contributed by atoms with Gasteiger partial charge in [-0.3, -0.25) is 4.79 Å². The van der Waals surface area contributed by atoms with Crippen molar-refractivity contribution in [1.29, 1.82) is 0 Å². The summed E-state index contributed by atoms with van der Waals surface area (Å²) in [4.78, 5) is 11.8. The Labute approximate surface area is 112 Å². The van der Waals surface area contributed by atoms with Crippen molar-refractivity contribution in [3.63, 3.8) is 0 Å². The van der Waals surface area contributed by atoms with Gasteiger partial charge >= 0.3 is 0 Å². The van der Waals surface area contributed by atoms with Crippen LogP contribution < -0.4 is 0 Å². The van der Waals surface area contributed by atoms with E-state index in [1.54, 1.807) is 24.3 Å². The number of ketones is 1. The second-order valence-corrected chi connectivity index (χ2v) is 4.74. The Balaban J connectivity index is 2.25. The number of rotatable bonds is 3. The zero-order valence-corrected chi connectivity index (χ0v) is 10.9. The summed E-state index contributed by atoms with van der Waals surface area (Å²) >= 11 is 3.27. The Hall–Kier alpha value is -1.55. The molecule has 0 saturated carbocycles. The van der Waals surface area contributed by atoms with E-state index in [2.05, 4.69) is 15.9 Å². The minimum Gasteiger partial charge on any atom is -0.294 e. The third-order valence-electron chi connectivity index (χ3n) is 2.52. The van der Waals surface area contributed by atoms with Crippen molar-refractivity contribution in [3.05, 3.63) is 69.7 Å². The average Bonchev–Trinajstić information content (AvgIpc) is 2.32. The second-order valence-electron chi connectivity index (χ2n) is 3.82. The minimum atomic E-state index is -0.822. The van der Waals surface area contributed by atoms with Gasteiger partial charge in [0, 0.05) is 10.9 Å². The maximum atomic E-state index is 13.4. The monoisotopic (exact) mass is 310 g/mol. The number of Topliss-reactive ketones (excluding diaryl/α,β-unsaturated/α-hetero) is 1. The molecule has 2 rings (SSSR count). The lowest BCUT2D eigenvalue weighted by atomic mass is 10.0. The summed E-state index contributed by atoms with van der Waals surface area (Å²) in [5.41, 5.74) is 0.242. The molecular formula is C14H9BrF2O. The molecule has 0 fully saturated rings. The third-order valence-corrected chi connectivity index (χ3v) is 3.05. The Bertz CT molecular complexity index is 559. The van der Waals surface area contributed by atoms with Crippen LogP contribution in [0.2, 0.25) is 0 Å². The van der Waals surface area contributed by atoms with E-state index in [1.165, 1.54) is 6.07 Å². The highest BCUT2D eigenvalue weighted by Gasteiger charge is 2.16. The quantitative estimate of drug-likeness (QED) is 0.778. The van der Waals surface area contributed by atoms with Crippen LogP contribution in [-0.2, 0) is 6.42 Å². The van der Waals surface area contributed by atoms with Crippen LogP contribution >= 0.6 is 15.9 Å². The number of benzene rings is 2. The van der Waals surface area contributed by atoms with Crippen LogP contribution in [0.4, 0.5) is 8.78 Å². The summed E-state index contributed by atoms with van der Waals surface area (Å²) in [6, 6.07) is 10.4. The highest BCUT2D eigenvalue weighted by molar-refractivity contribution is 9.10. The van der Waals surface area contributed by atoms with E-state index in [1.807, 2.05) is 0 Å². The maximum absolute atomic E-state index is 13.4. The first-order chi connectivity index (χ1) is 8.58. The van der Waals surface area contributed by atoms with Crippen LogP contribution in [0.1, 0.15) is 15.9 Å². The lowest BCUT2D eigenvalue weighted by Crippen LogP contribution is -2.08. The van der Waals surface area contributed by atoms with Gasteiger partial charge in [0.2, 0.25) is 0 Å². The van der Waals surface area contributed by atoms with E-state index >= 15 is 0 Å². The molecule has 0 aliphatic carbocycles. The van der Waals surface area contributed by atoms with Crippen LogP contribution in [0.25, 0.3) is 0 Å². The second kappa shape index (κ2) is 5.40. The fraction of sp³-hybridized carbons (Fsp3) is 0.0714. The third kappa shape index (κ3) is 2.82.